The van der Waals surface area contributed by atoms with E-state index in [-0.39, 0.29) is 6.10 Å². The first-order valence-electron chi connectivity index (χ1n) is 5.22. The van der Waals surface area contributed by atoms with Crippen molar-refractivity contribution in [1.29, 1.82) is 0 Å². The van der Waals surface area contributed by atoms with E-state index in [1.54, 1.807) is 7.11 Å². The fourth-order valence-corrected chi connectivity index (χ4v) is 2.69. The van der Waals surface area contributed by atoms with Gasteiger partial charge in [-0.25, -0.2) is 0 Å². The molecule has 0 aromatic rings. The van der Waals surface area contributed by atoms with E-state index in [9.17, 15) is 5.11 Å². The van der Waals surface area contributed by atoms with Crippen LogP contribution in [0.1, 0.15) is 19.3 Å². The average Bonchev–Trinajstić information content (AvgIpc) is 2.42. The Balaban J connectivity index is 2.01. The minimum Gasteiger partial charge on any atom is -0.387 e. The van der Waals surface area contributed by atoms with Crippen LogP contribution in [0.3, 0.4) is 0 Å². The van der Waals surface area contributed by atoms with Gasteiger partial charge in [0, 0.05) is 20.2 Å². The zero-order chi connectivity index (χ0) is 10.4. The number of rotatable bonds is 2. The lowest BCUT2D eigenvalue weighted by Gasteiger charge is -2.52. The van der Waals surface area contributed by atoms with Gasteiger partial charge < -0.3 is 20.5 Å². The van der Waals surface area contributed by atoms with E-state index >= 15 is 0 Å². The second-order valence-electron chi connectivity index (χ2n) is 4.94. The Hall–Kier alpha value is -0.160. The first-order valence-corrected chi connectivity index (χ1v) is 5.22. The largest absolute Gasteiger partial charge is 0.387 e. The molecule has 0 bridgehead atoms. The molecular formula is C10H20N2O2. The molecule has 0 radical (unpaired) electrons. The molecule has 82 valence electrons. The number of nitrogens with two attached hydrogens (primary N) is 1. The second kappa shape index (κ2) is 3.17. The Bertz CT molecular complexity index is 228. The number of methoxy groups -OCH3 is 1. The summed E-state index contributed by atoms with van der Waals surface area (Å²) < 4.78 is 5.21. The number of hydrogen-bond donors (Lipinski definition) is 2. The van der Waals surface area contributed by atoms with Crippen molar-refractivity contribution in [1.82, 2.24) is 4.90 Å². The van der Waals surface area contributed by atoms with Gasteiger partial charge in [-0.3, -0.25) is 0 Å². The van der Waals surface area contributed by atoms with Gasteiger partial charge in [-0.15, -0.1) is 0 Å². The van der Waals surface area contributed by atoms with Crippen LogP contribution in [0.15, 0.2) is 0 Å². The highest BCUT2D eigenvalue weighted by atomic mass is 16.5. The number of nitrogens with zero attached hydrogens (tertiary/aromatic N) is 1. The Morgan fingerprint density at radius 2 is 2.14 bits per heavy atom. The molecule has 1 saturated carbocycles. The van der Waals surface area contributed by atoms with Gasteiger partial charge in [-0.2, -0.15) is 0 Å². The highest BCUT2D eigenvalue weighted by Gasteiger charge is 2.57. The predicted molar refractivity (Wildman–Crippen MR) is 54.0 cm³/mol. The maximum Gasteiger partial charge on any atom is 0.0966 e. The second-order valence-corrected chi connectivity index (χ2v) is 4.94. The summed E-state index contributed by atoms with van der Waals surface area (Å²) >= 11 is 0. The molecule has 2 fully saturated rings. The van der Waals surface area contributed by atoms with Crippen LogP contribution in [0.25, 0.3) is 0 Å². The van der Waals surface area contributed by atoms with Crippen molar-refractivity contribution < 1.29 is 9.84 Å². The van der Waals surface area contributed by atoms with Gasteiger partial charge in [0.1, 0.15) is 0 Å². The molecule has 1 unspecified atom stereocenters. The van der Waals surface area contributed by atoms with Crippen molar-refractivity contribution in [2.75, 3.05) is 27.2 Å². The maximum atomic E-state index is 10.4. The standard InChI is InChI=1S/C10H20N2O2/c1-12-4-3-10(13,7-12)9(11)5-8(6-9)14-2/h8,13H,3-7,11H2,1-2H3. The first kappa shape index (κ1) is 10.4. The van der Waals surface area contributed by atoms with E-state index in [1.807, 2.05) is 7.05 Å². The van der Waals surface area contributed by atoms with Crippen molar-refractivity contribution in [2.24, 2.45) is 5.73 Å². The van der Waals surface area contributed by atoms with Crippen LogP contribution >= 0.6 is 0 Å². The van der Waals surface area contributed by atoms with Crippen molar-refractivity contribution in [3.05, 3.63) is 0 Å². The molecule has 4 heteroatoms. The summed E-state index contributed by atoms with van der Waals surface area (Å²) in [5.74, 6) is 0. The highest BCUT2D eigenvalue weighted by Crippen LogP contribution is 2.44. The van der Waals surface area contributed by atoms with Crippen LogP contribution in [-0.2, 0) is 4.74 Å². The summed E-state index contributed by atoms with van der Waals surface area (Å²) in [6.07, 6.45) is 2.60. The molecule has 1 atom stereocenters. The quantitative estimate of drug-likeness (QED) is 0.634. The average molecular weight is 200 g/mol. The van der Waals surface area contributed by atoms with E-state index in [0.29, 0.717) is 6.54 Å². The van der Waals surface area contributed by atoms with Gasteiger partial charge in [0.2, 0.25) is 0 Å². The lowest BCUT2D eigenvalue weighted by molar-refractivity contribution is -0.119. The van der Waals surface area contributed by atoms with E-state index in [0.717, 1.165) is 25.8 Å². The number of hydrogen-bond acceptors (Lipinski definition) is 4. The van der Waals surface area contributed by atoms with Crippen molar-refractivity contribution >= 4 is 0 Å². The zero-order valence-electron chi connectivity index (χ0n) is 8.99. The highest BCUT2D eigenvalue weighted by molar-refractivity contribution is 5.15. The van der Waals surface area contributed by atoms with Gasteiger partial charge in [0.25, 0.3) is 0 Å². The number of aliphatic hydroxyl groups is 1. The SMILES string of the molecule is COC1CC(N)(C2(O)CCN(C)C2)C1. The van der Waals surface area contributed by atoms with Crippen LogP contribution in [0.4, 0.5) is 0 Å². The minimum atomic E-state index is -0.698. The summed E-state index contributed by atoms with van der Waals surface area (Å²) in [5, 5.41) is 10.4. The fourth-order valence-electron chi connectivity index (χ4n) is 2.69. The predicted octanol–water partition coefficient (Wildman–Crippen LogP) is -0.441. The Morgan fingerprint density at radius 3 is 2.57 bits per heavy atom. The zero-order valence-corrected chi connectivity index (χ0v) is 8.99. The molecule has 4 nitrogen and oxygen atoms in total. The Morgan fingerprint density at radius 1 is 1.50 bits per heavy atom. The number of ether oxygens (including phenoxy) is 1. The van der Waals surface area contributed by atoms with Crippen LogP contribution in [-0.4, -0.2) is 54.5 Å². The molecule has 1 heterocycles. The molecular weight excluding hydrogens is 180 g/mol. The van der Waals surface area contributed by atoms with Crippen LogP contribution in [0.2, 0.25) is 0 Å². The summed E-state index contributed by atoms with van der Waals surface area (Å²) in [5.41, 5.74) is 5.10. The summed E-state index contributed by atoms with van der Waals surface area (Å²) in [7, 11) is 3.73. The molecule has 14 heavy (non-hydrogen) atoms. The molecule has 2 rings (SSSR count). The van der Waals surface area contributed by atoms with Gasteiger partial charge in [0.05, 0.1) is 17.2 Å². The van der Waals surface area contributed by atoms with Crippen LogP contribution < -0.4 is 5.73 Å². The minimum absolute atomic E-state index is 0.245. The third-order valence-corrected chi connectivity index (χ3v) is 3.88. The van der Waals surface area contributed by atoms with E-state index in [4.69, 9.17) is 10.5 Å². The Kier molecular flexibility index (Phi) is 2.34. The van der Waals surface area contributed by atoms with Gasteiger partial charge in [-0.1, -0.05) is 0 Å². The van der Waals surface area contributed by atoms with Crippen LogP contribution in [0, 0.1) is 0 Å². The van der Waals surface area contributed by atoms with E-state index < -0.39 is 11.1 Å². The third kappa shape index (κ3) is 1.37. The molecule has 0 spiro atoms. The molecule has 1 saturated heterocycles. The Labute approximate surface area is 85.0 Å². The van der Waals surface area contributed by atoms with Gasteiger partial charge >= 0.3 is 0 Å². The van der Waals surface area contributed by atoms with Gasteiger partial charge in [-0.05, 0) is 26.3 Å². The summed E-state index contributed by atoms with van der Waals surface area (Å²) in [4.78, 5) is 2.13. The summed E-state index contributed by atoms with van der Waals surface area (Å²) in [6, 6.07) is 0. The smallest absolute Gasteiger partial charge is 0.0966 e. The van der Waals surface area contributed by atoms with Crippen molar-refractivity contribution in [3.63, 3.8) is 0 Å². The topological polar surface area (TPSA) is 58.7 Å². The molecule has 1 aliphatic carbocycles. The van der Waals surface area contributed by atoms with Crippen molar-refractivity contribution in [3.8, 4) is 0 Å². The van der Waals surface area contributed by atoms with Crippen molar-refractivity contribution in [2.45, 2.75) is 36.5 Å². The fraction of sp³-hybridized carbons (Fsp3) is 1.00. The molecule has 3 N–H and O–H groups in total. The maximum absolute atomic E-state index is 10.4. The number of likely N-dealkylation sites (N-methyl/N-ethyl adjacent to an activating group) is 1. The summed E-state index contributed by atoms with van der Waals surface area (Å²) in [6.45, 7) is 1.63. The first-order chi connectivity index (χ1) is 6.49. The van der Waals surface area contributed by atoms with E-state index in [1.165, 1.54) is 0 Å². The lowest BCUT2D eigenvalue weighted by atomic mass is 9.64. The third-order valence-electron chi connectivity index (χ3n) is 3.88. The van der Waals surface area contributed by atoms with Crippen LogP contribution in [0.5, 0.6) is 0 Å². The molecule has 0 aromatic carbocycles. The number of likely N-dealkylation sites (tertiary alicyclic amines) is 1. The number of β-amino-alcohol motifs (C(OH)–C–C–N with tert-alkyl or cyclic N) is 1. The molecule has 0 aromatic heterocycles. The monoisotopic (exact) mass is 200 g/mol. The normalized spacial score (nSPS) is 49.3. The van der Waals surface area contributed by atoms with E-state index in [2.05, 4.69) is 4.90 Å². The molecule has 0 amide bonds. The molecule has 2 aliphatic rings. The van der Waals surface area contributed by atoms with Gasteiger partial charge in [0.15, 0.2) is 0 Å². The lowest BCUT2D eigenvalue weighted by Crippen LogP contribution is -2.70. The molecule has 1 aliphatic heterocycles.